The number of piperidine rings is 1. The summed E-state index contributed by atoms with van der Waals surface area (Å²) < 4.78 is 7.77. The molecule has 1 N–H and O–H groups in total. The summed E-state index contributed by atoms with van der Waals surface area (Å²) in [4.78, 5) is 30.6. The molecule has 0 spiro atoms. The van der Waals surface area contributed by atoms with Crippen molar-refractivity contribution in [1.29, 1.82) is 0 Å². The van der Waals surface area contributed by atoms with Gasteiger partial charge in [-0.1, -0.05) is 12.1 Å². The molecule has 2 aromatic heterocycles. The average Bonchev–Trinajstić information content (AvgIpc) is 3.15. The van der Waals surface area contributed by atoms with E-state index in [1.165, 1.54) is 0 Å². The maximum Gasteiger partial charge on any atom is 0.308 e. The molecule has 1 amide bonds. The second-order valence-corrected chi connectivity index (χ2v) is 7.34. The van der Waals surface area contributed by atoms with Gasteiger partial charge in [-0.15, -0.1) is 0 Å². The number of carbonyl (C=O) groups is 2. The summed E-state index contributed by atoms with van der Waals surface area (Å²) in [5, 5.41) is 9.39. The smallest absolute Gasteiger partial charge is 0.308 e. The summed E-state index contributed by atoms with van der Waals surface area (Å²) >= 11 is 0. The number of fused-ring (bicyclic) bond motifs is 1. The molecule has 1 aromatic carbocycles. The van der Waals surface area contributed by atoms with Gasteiger partial charge in [-0.3, -0.25) is 9.59 Å². The Balaban J connectivity index is 1.46. The zero-order chi connectivity index (χ0) is 20.4. The van der Waals surface area contributed by atoms with Crippen molar-refractivity contribution in [3.8, 4) is 5.75 Å². The molecule has 0 aliphatic carbocycles. The number of ether oxygens (including phenoxy) is 1. The fourth-order valence-corrected chi connectivity index (χ4v) is 3.86. The lowest BCUT2D eigenvalue weighted by atomic mass is 9.90. The highest BCUT2D eigenvalue weighted by Gasteiger charge is 2.35. The average molecular weight is 393 g/mol. The molecule has 0 saturated carbocycles. The van der Waals surface area contributed by atoms with E-state index in [-0.39, 0.29) is 11.9 Å². The number of benzene rings is 1. The molecule has 2 atom stereocenters. The van der Waals surface area contributed by atoms with Crippen LogP contribution in [0.1, 0.15) is 35.8 Å². The highest BCUT2D eigenvalue weighted by molar-refractivity contribution is 5.95. The van der Waals surface area contributed by atoms with E-state index in [0.717, 1.165) is 11.3 Å². The third-order valence-electron chi connectivity index (χ3n) is 5.45. The van der Waals surface area contributed by atoms with Crippen LogP contribution in [0.25, 0.3) is 5.65 Å². The highest BCUT2D eigenvalue weighted by Crippen LogP contribution is 2.26. The minimum Gasteiger partial charge on any atom is -0.487 e. The first-order valence-electron chi connectivity index (χ1n) is 9.72. The molecular formula is C22H23N3O4. The van der Waals surface area contributed by atoms with Crippen molar-refractivity contribution in [2.24, 2.45) is 5.92 Å². The Hall–Kier alpha value is -3.35. The van der Waals surface area contributed by atoms with Crippen LogP contribution in [0.4, 0.5) is 0 Å². The van der Waals surface area contributed by atoms with Crippen LogP contribution in [-0.2, 0) is 11.4 Å². The lowest BCUT2D eigenvalue weighted by molar-refractivity contribution is -0.144. The molecule has 1 fully saturated rings. The number of aliphatic carboxylic acids is 1. The monoisotopic (exact) mass is 393 g/mol. The van der Waals surface area contributed by atoms with Crippen molar-refractivity contribution in [3.05, 3.63) is 66.1 Å². The van der Waals surface area contributed by atoms with Crippen LogP contribution in [0.5, 0.6) is 5.75 Å². The first kappa shape index (κ1) is 19.0. The van der Waals surface area contributed by atoms with Crippen LogP contribution >= 0.6 is 0 Å². The van der Waals surface area contributed by atoms with Gasteiger partial charge in [-0.25, -0.2) is 4.98 Å². The first-order chi connectivity index (χ1) is 14.0. The molecule has 0 radical (unpaired) electrons. The van der Waals surface area contributed by atoms with Gasteiger partial charge < -0.3 is 19.1 Å². The highest BCUT2D eigenvalue weighted by atomic mass is 16.5. The number of aromatic nitrogens is 2. The van der Waals surface area contributed by atoms with Gasteiger partial charge in [0.15, 0.2) is 0 Å². The van der Waals surface area contributed by atoms with Gasteiger partial charge in [0.05, 0.1) is 11.6 Å². The Morgan fingerprint density at radius 2 is 2.10 bits per heavy atom. The van der Waals surface area contributed by atoms with Gasteiger partial charge in [0.1, 0.15) is 18.0 Å². The molecule has 7 heteroatoms. The van der Waals surface area contributed by atoms with E-state index >= 15 is 0 Å². The maximum absolute atomic E-state index is 13.0. The lowest BCUT2D eigenvalue weighted by Gasteiger charge is -2.37. The van der Waals surface area contributed by atoms with Crippen molar-refractivity contribution < 1.29 is 19.4 Å². The lowest BCUT2D eigenvalue weighted by Crippen LogP contribution is -2.49. The second-order valence-electron chi connectivity index (χ2n) is 7.34. The molecule has 7 nitrogen and oxygen atoms in total. The van der Waals surface area contributed by atoms with E-state index in [4.69, 9.17) is 4.74 Å². The van der Waals surface area contributed by atoms with E-state index in [1.54, 1.807) is 36.1 Å². The Kier molecular flexibility index (Phi) is 5.20. The molecule has 3 aromatic rings. The number of pyridine rings is 1. The van der Waals surface area contributed by atoms with E-state index < -0.39 is 11.9 Å². The minimum atomic E-state index is -0.848. The number of amides is 1. The number of hydrogen-bond donors (Lipinski definition) is 1. The fraction of sp³-hybridized carbons (Fsp3) is 0.318. The van der Waals surface area contributed by atoms with Gasteiger partial charge >= 0.3 is 5.97 Å². The van der Waals surface area contributed by atoms with Crippen LogP contribution in [0.15, 0.2) is 54.9 Å². The summed E-state index contributed by atoms with van der Waals surface area (Å²) in [6, 6.07) is 12.5. The van der Waals surface area contributed by atoms with E-state index in [9.17, 15) is 14.7 Å². The van der Waals surface area contributed by atoms with E-state index in [0.29, 0.717) is 37.3 Å². The number of carbonyl (C=O) groups excluding carboxylic acids is 1. The number of carboxylic acids is 1. The molecule has 0 unspecified atom stereocenters. The van der Waals surface area contributed by atoms with Gasteiger partial charge in [0.25, 0.3) is 5.91 Å². The third kappa shape index (κ3) is 3.94. The normalized spacial score (nSPS) is 19.3. The quantitative estimate of drug-likeness (QED) is 0.719. The van der Waals surface area contributed by atoms with Crippen LogP contribution in [0, 0.1) is 5.92 Å². The van der Waals surface area contributed by atoms with Crippen LogP contribution in [-0.4, -0.2) is 43.9 Å². The topological polar surface area (TPSA) is 84.1 Å². The second kappa shape index (κ2) is 7.95. The standard InChI is InChI=1S/C22H23N3O4/c1-15-19(22(27)28)8-5-11-25(15)21(26)16-6-4-7-18(12-16)29-14-17-13-24-10-3-2-9-20(24)23-17/h2-4,6-7,9-10,12-13,15,19H,5,8,11,14H2,1H3,(H,27,28)/t15-,19-/m1/s1. The number of carboxylic acid groups (broad SMARTS) is 1. The molecule has 3 heterocycles. The number of imidazole rings is 1. The van der Waals surface area contributed by atoms with Crippen molar-refractivity contribution in [1.82, 2.24) is 14.3 Å². The molecule has 29 heavy (non-hydrogen) atoms. The third-order valence-corrected chi connectivity index (χ3v) is 5.45. The summed E-state index contributed by atoms with van der Waals surface area (Å²) in [6.45, 7) is 2.66. The molecule has 1 saturated heterocycles. The van der Waals surface area contributed by atoms with Crippen LogP contribution < -0.4 is 4.74 Å². The van der Waals surface area contributed by atoms with Crippen LogP contribution in [0.3, 0.4) is 0 Å². The number of hydrogen-bond acceptors (Lipinski definition) is 4. The summed E-state index contributed by atoms with van der Waals surface area (Å²) in [7, 11) is 0. The van der Waals surface area contributed by atoms with Gasteiger partial charge in [0.2, 0.25) is 0 Å². The Labute approximate surface area is 168 Å². The maximum atomic E-state index is 13.0. The predicted octanol–water partition coefficient (Wildman–Crippen LogP) is 3.24. The van der Waals surface area contributed by atoms with Crippen molar-refractivity contribution >= 4 is 17.5 Å². The summed E-state index contributed by atoms with van der Waals surface area (Å²) in [5.74, 6) is -0.962. The predicted molar refractivity (Wildman–Crippen MR) is 107 cm³/mol. The van der Waals surface area contributed by atoms with E-state index in [1.807, 2.05) is 35.0 Å². The van der Waals surface area contributed by atoms with Gasteiger partial charge in [0, 0.05) is 30.5 Å². The molecular weight excluding hydrogens is 370 g/mol. The van der Waals surface area contributed by atoms with Crippen molar-refractivity contribution in [3.63, 3.8) is 0 Å². The zero-order valence-electron chi connectivity index (χ0n) is 16.2. The molecule has 1 aliphatic rings. The largest absolute Gasteiger partial charge is 0.487 e. The Morgan fingerprint density at radius 1 is 1.24 bits per heavy atom. The number of rotatable bonds is 5. The van der Waals surface area contributed by atoms with Crippen molar-refractivity contribution in [2.45, 2.75) is 32.4 Å². The Bertz CT molecular complexity index is 1010. The zero-order valence-corrected chi connectivity index (χ0v) is 16.2. The van der Waals surface area contributed by atoms with Crippen LogP contribution in [0.2, 0.25) is 0 Å². The fourth-order valence-electron chi connectivity index (χ4n) is 3.86. The SMILES string of the molecule is C[C@@H]1[C@H](C(=O)O)CCCN1C(=O)c1cccc(OCc2cn3ccccc3n2)c1. The number of nitrogens with zero attached hydrogens (tertiary/aromatic N) is 3. The van der Waals surface area contributed by atoms with Crippen molar-refractivity contribution in [2.75, 3.05) is 6.54 Å². The molecule has 0 bridgehead atoms. The first-order valence-corrected chi connectivity index (χ1v) is 9.72. The van der Waals surface area contributed by atoms with E-state index in [2.05, 4.69) is 4.98 Å². The van der Waals surface area contributed by atoms with Gasteiger partial charge in [-0.05, 0) is 50.1 Å². The minimum absolute atomic E-state index is 0.165. The van der Waals surface area contributed by atoms with Gasteiger partial charge in [-0.2, -0.15) is 0 Å². The molecule has 150 valence electrons. The Morgan fingerprint density at radius 3 is 2.90 bits per heavy atom. The summed E-state index contributed by atoms with van der Waals surface area (Å²) in [6.07, 6.45) is 5.13. The summed E-state index contributed by atoms with van der Waals surface area (Å²) in [5.41, 5.74) is 2.14. The molecule has 1 aliphatic heterocycles. The number of likely N-dealkylation sites (tertiary alicyclic amines) is 1. The molecule has 4 rings (SSSR count).